The topological polar surface area (TPSA) is 34.1 Å². The second-order valence-corrected chi connectivity index (χ2v) is 6.83. The van der Waals surface area contributed by atoms with Gasteiger partial charge in [-0.1, -0.05) is 6.92 Å². The molecule has 1 aromatic rings. The maximum Gasteiger partial charge on any atom is 0.0986 e. The fourth-order valence-electron chi connectivity index (χ4n) is 3.08. The van der Waals surface area contributed by atoms with Gasteiger partial charge < -0.3 is 10.1 Å². The number of aryl methyl sites for hydroxylation is 1. The molecule has 19 heavy (non-hydrogen) atoms. The Hall–Kier alpha value is -0.450. The monoisotopic (exact) mass is 280 g/mol. The first-order valence-electron chi connectivity index (χ1n) is 7.66. The molecule has 3 rings (SSSR count). The average Bonchev–Trinajstić information content (AvgIpc) is 3.08. The van der Waals surface area contributed by atoms with Gasteiger partial charge in [0.05, 0.1) is 17.3 Å². The molecule has 1 aliphatic carbocycles. The second-order valence-electron chi connectivity index (χ2n) is 5.71. The number of nitrogens with zero attached hydrogens (tertiary/aromatic N) is 1. The summed E-state index contributed by atoms with van der Waals surface area (Å²) in [5, 5.41) is 4.90. The van der Waals surface area contributed by atoms with Gasteiger partial charge >= 0.3 is 0 Å². The molecule has 2 heterocycles. The molecule has 1 aromatic heterocycles. The molecule has 2 atom stereocenters. The lowest BCUT2D eigenvalue weighted by atomic mass is 9.91. The third kappa shape index (κ3) is 3.01. The predicted octanol–water partition coefficient (Wildman–Crippen LogP) is 3.07. The Kier molecular flexibility index (Phi) is 4.51. The van der Waals surface area contributed by atoms with Crippen molar-refractivity contribution in [3.63, 3.8) is 0 Å². The summed E-state index contributed by atoms with van der Waals surface area (Å²) >= 11 is 1.96. The number of ether oxygens (including phenoxy) is 1. The van der Waals surface area contributed by atoms with Crippen LogP contribution in [0, 0.1) is 0 Å². The molecule has 1 fully saturated rings. The zero-order valence-electron chi connectivity index (χ0n) is 11.8. The lowest BCUT2D eigenvalue weighted by Gasteiger charge is -2.21. The van der Waals surface area contributed by atoms with Gasteiger partial charge in [-0.05, 0) is 38.6 Å². The fraction of sp³-hybridized carbons (Fsp3) is 0.800. The summed E-state index contributed by atoms with van der Waals surface area (Å²) in [6.45, 7) is 6.24. The Morgan fingerprint density at radius 3 is 3.16 bits per heavy atom. The van der Waals surface area contributed by atoms with Crippen molar-refractivity contribution in [1.82, 2.24) is 10.3 Å². The van der Waals surface area contributed by atoms with Gasteiger partial charge in [0.15, 0.2) is 0 Å². The number of hydrogen-bond acceptors (Lipinski definition) is 4. The van der Waals surface area contributed by atoms with Crippen molar-refractivity contribution < 1.29 is 4.74 Å². The van der Waals surface area contributed by atoms with Crippen LogP contribution in [0.5, 0.6) is 0 Å². The number of rotatable bonds is 5. The van der Waals surface area contributed by atoms with E-state index in [1.165, 1.54) is 36.4 Å². The molecule has 0 aromatic carbocycles. The van der Waals surface area contributed by atoms with Crippen LogP contribution in [-0.4, -0.2) is 31.3 Å². The fourth-order valence-corrected chi connectivity index (χ4v) is 4.39. The molecule has 4 heteroatoms. The minimum atomic E-state index is 0.569. The summed E-state index contributed by atoms with van der Waals surface area (Å²) in [4.78, 5) is 6.54. The molecule has 0 saturated carbocycles. The molecule has 1 N–H and O–H groups in total. The van der Waals surface area contributed by atoms with Gasteiger partial charge in [0, 0.05) is 29.9 Å². The summed E-state index contributed by atoms with van der Waals surface area (Å²) in [6.07, 6.45) is 6.24. The van der Waals surface area contributed by atoms with Gasteiger partial charge in [0.2, 0.25) is 0 Å². The van der Waals surface area contributed by atoms with Crippen molar-refractivity contribution in [3.05, 3.63) is 15.6 Å². The van der Waals surface area contributed by atoms with Crippen LogP contribution in [0.2, 0.25) is 0 Å². The average molecular weight is 280 g/mol. The zero-order valence-corrected chi connectivity index (χ0v) is 12.6. The van der Waals surface area contributed by atoms with Crippen molar-refractivity contribution in [2.24, 2.45) is 0 Å². The van der Waals surface area contributed by atoms with E-state index in [9.17, 15) is 0 Å². The highest BCUT2D eigenvalue weighted by atomic mass is 32.1. The molecule has 0 amide bonds. The number of fused-ring (bicyclic) bond motifs is 1. The Balaban J connectivity index is 1.71. The van der Waals surface area contributed by atoms with Crippen LogP contribution < -0.4 is 5.32 Å². The third-order valence-electron chi connectivity index (χ3n) is 4.18. The van der Waals surface area contributed by atoms with Crippen LogP contribution in [0.25, 0.3) is 0 Å². The molecule has 106 valence electrons. The van der Waals surface area contributed by atoms with E-state index in [-0.39, 0.29) is 0 Å². The SMILES string of the molecule is CCCNCC1CCCc2sc(C3CCOC3)nc21. The van der Waals surface area contributed by atoms with Crippen molar-refractivity contribution in [2.75, 3.05) is 26.3 Å². The van der Waals surface area contributed by atoms with Crippen LogP contribution in [0.1, 0.15) is 60.0 Å². The van der Waals surface area contributed by atoms with E-state index in [4.69, 9.17) is 9.72 Å². The van der Waals surface area contributed by atoms with Crippen LogP contribution in [0.15, 0.2) is 0 Å². The van der Waals surface area contributed by atoms with Crippen molar-refractivity contribution in [1.29, 1.82) is 0 Å². The van der Waals surface area contributed by atoms with Crippen LogP contribution in [0.3, 0.4) is 0 Å². The second kappa shape index (κ2) is 6.33. The van der Waals surface area contributed by atoms with Gasteiger partial charge in [-0.25, -0.2) is 4.98 Å². The third-order valence-corrected chi connectivity index (χ3v) is 5.48. The first kappa shape index (κ1) is 13.5. The number of aromatic nitrogens is 1. The standard InChI is InChI=1S/C15H24N2OS/c1-2-7-16-9-11-4-3-5-13-14(11)17-15(19-13)12-6-8-18-10-12/h11-12,16H,2-10H2,1H3. The molecular formula is C15H24N2OS. The van der Waals surface area contributed by atoms with E-state index in [0.29, 0.717) is 11.8 Å². The summed E-state index contributed by atoms with van der Waals surface area (Å²) in [5.41, 5.74) is 1.40. The zero-order chi connectivity index (χ0) is 13.1. The Labute approximate surface area is 119 Å². The van der Waals surface area contributed by atoms with Crippen LogP contribution in [0.4, 0.5) is 0 Å². The first-order valence-corrected chi connectivity index (χ1v) is 8.48. The van der Waals surface area contributed by atoms with Gasteiger partial charge in [-0.2, -0.15) is 0 Å². The highest BCUT2D eigenvalue weighted by Gasteiger charge is 2.28. The number of hydrogen-bond donors (Lipinski definition) is 1. The van der Waals surface area contributed by atoms with E-state index in [1.807, 2.05) is 11.3 Å². The van der Waals surface area contributed by atoms with E-state index in [1.54, 1.807) is 4.88 Å². The van der Waals surface area contributed by atoms with E-state index in [0.717, 1.165) is 32.7 Å². The van der Waals surface area contributed by atoms with Crippen molar-refractivity contribution in [3.8, 4) is 0 Å². The maximum atomic E-state index is 5.50. The van der Waals surface area contributed by atoms with Crippen molar-refractivity contribution >= 4 is 11.3 Å². The van der Waals surface area contributed by atoms with Crippen molar-refractivity contribution in [2.45, 2.75) is 50.9 Å². The molecule has 1 aliphatic heterocycles. The lowest BCUT2D eigenvalue weighted by Crippen LogP contribution is -2.24. The maximum absolute atomic E-state index is 5.50. The highest BCUT2D eigenvalue weighted by Crippen LogP contribution is 2.38. The quantitative estimate of drug-likeness (QED) is 0.842. The molecule has 2 unspecified atom stereocenters. The Morgan fingerprint density at radius 2 is 2.37 bits per heavy atom. The van der Waals surface area contributed by atoms with Crippen LogP contribution >= 0.6 is 11.3 Å². The van der Waals surface area contributed by atoms with Crippen LogP contribution in [-0.2, 0) is 11.2 Å². The Bertz CT molecular complexity index is 412. The number of nitrogens with one attached hydrogen (secondary N) is 1. The molecule has 0 bridgehead atoms. The first-order chi connectivity index (χ1) is 9.38. The minimum Gasteiger partial charge on any atom is -0.381 e. The summed E-state index contributed by atoms with van der Waals surface area (Å²) in [7, 11) is 0. The van der Waals surface area contributed by atoms with Gasteiger partial charge in [-0.15, -0.1) is 11.3 Å². The molecule has 2 aliphatic rings. The molecular weight excluding hydrogens is 256 g/mol. The predicted molar refractivity (Wildman–Crippen MR) is 79.1 cm³/mol. The molecule has 0 spiro atoms. The minimum absolute atomic E-state index is 0.569. The van der Waals surface area contributed by atoms with E-state index >= 15 is 0 Å². The van der Waals surface area contributed by atoms with Gasteiger partial charge in [-0.3, -0.25) is 0 Å². The smallest absolute Gasteiger partial charge is 0.0986 e. The Morgan fingerprint density at radius 1 is 1.42 bits per heavy atom. The summed E-state index contributed by atoms with van der Waals surface area (Å²) in [6, 6.07) is 0. The highest BCUT2D eigenvalue weighted by molar-refractivity contribution is 7.11. The largest absolute Gasteiger partial charge is 0.381 e. The van der Waals surface area contributed by atoms with E-state index < -0.39 is 0 Å². The summed E-state index contributed by atoms with van der Waals surface area (Å²) in [5.74, 6) is 1.21. The van der Waals surface area contributed by atoms with E-state index in [2.05, 4.69) is 12.2 Å². The van der Waals surface area contributed by atoms with Gasteiger partial charge in [0.25, 0.3) is 0 Å². The summed E-state index contributed by atoms with van der Waals surface area (Å²) < 4.78 is 5.50. The molecule has 0 radical (unpaired) electrons. The number of thiazole rings is 1. The normalized spacial score (nSPS) is 26.6. The van der Waals surface area contributed by atoms with Gasteiger partial charge in [0.1, 0.15) is 0 Å². The lowest BCUT2D eigenvalue weighted by molar-refractivity contribution is 0.194. The molecule has 3 nitrogen and oxygen atoms in total. The molecule has 1 saturated heterocycles.